The van der Waals surface area contributed by atoms with E-state index in [4.69, 9.17) is 21.1 Å². The van der Waals surface area contributed by atoms with Gasteiger partial charge in [-0.25, -0.2) is 0 Å². The topological polar surface area (TPSA) is 91.6 Å². The molecule has 0 aliphatic carbocycles. The molecule has 3 aromatic carbocycles. The molecule has 1 aromatic heterocycles. The maximum Gasteiger partial charge on any atom is 0.317 e. The van der Waals surface area contributed by atoms with Gasteiger partial charge in [0.05, 0.1) is 17.6 Å². The van der Waals surface area contributed by atoms with Crippen molar-refractivity contribution in [3.05, 3.63) is 104 Å². The molecule has 0 bridgehead atoms. The molecule has 2 heterocycles. The van der Waals surface area contributed by atoms with Crippen LogP contribution >= 0.6 is 11.6 Å². The van der Waals surface area contributed by atoms with Crippen molar-refractivity contribution in [3.63, 3.8) is 0 Å². The monoisotopic (exact) mass is 477 g/mol. The van der Waals surface area contributed by atoms with Gasteiger partial charge in [-0.1, -0.05) is 48.0 Å². The second-order valence-electron chi connectivity index (χ2n) is 7.87. The third-order valence-corrected chi connectivity index (χ3v) is 5.84. The average molecular weight is 478 g/mol. The van der Waals surface area contributed by atoms with Crippen LogP contribution in [0.4, 0.5) is 0 Å². The summed E-state index contributed by atoms with van der Waals surface area (Å²) in [6.45, 7) is 0.305. The van der Waals surface area contributed by atoms with Gasteiger partial charge in [-0.2, -0.15) is 0 Å². The Kier molecular flexibility index (Phi) is 5.81. The molecule has 34 heavy (non-hydrogen) atoms. The molecule has 172 valence electrons. The number of carbonyl (C=O) groups is 1. The number of rotatable bonds is 6. The number of hydrogen-bond donors (Lipinski definition) is 1. The van der Waals surface area contributed by atoms with E-state index in [1.54, 1.807) is 30.3 Å². The minimum absolute atomic E-state index is 0.166. The van der Waals surface area contributed by atoms with Crippen molar-refractivity contribution in [2.24, 2.45) is 0 Å². The Bertz CT molecular complexity index is 1510. The fourth-order valence-corrected chi connectivity index (χ4v) is 4.09. The van der Waals surface area contributed by atoms with Crippen LogP contribution in [-0.4, -0.2) is 21.8 Å². The van der Waals surface area contributed by atoms with E-state index in [2.05, 4.69) is 5.32 Å². The van der Waals surface area contributed by atoms with E-state index in [0.717, 1.165) is 11.1 Å². The predicted octanol–water partition coefficient (Wildman–Crippen LogP) is 2.91. The lowest BCUT2D eigenvalue weighted by molar-refractivity contribution is -0.121. The van der Waals surface area contributed by atoms with Crippen molar-refractivity contribution in [1.82, 2.24) is 14.5 Å². The number of nitrogens with zero attached hydrogens (tertiary/aromatic N) is 2. The molecule has 1 N–H and O–H groups in total. The van der Waals surface area contributed by atoms with E-state index in [1.807, 2.05) is 36.4 Å². The summed E-state index contributed by atoms with van der Waals surface area (Å²) >= 11 is 6.19. The van der Waals surface area contributed by atoms with Crippen LogP contribution in [0.5, 0.6) is 11.5 Å². The smallest absolute Gasteiger partial charge is 0.317 e. The van der Waals surface area contributed by atoms with Gasteiger partial charge in [-0.05, 0) is 41.5 Å². The van der Waals surface area contributed by atoms with Crippen LogP contribution in [0, 0.1) is 0 Å². The van der Waals surface area contributed by atoms with Crippen molar-refractivity contribution in [2.45, 2.75) is 19.6 Å². The van der Waals surface area contributed by atoms with Crippen LogP contribution in [0.15, 0.2) is 76.3 Å². The third kappa shape index (κ3) is 4.27. The quantitative estimate of drug-likeness (QED) is 0.431. The van der Waals surface area contributed by atoms with E-state index in [-0.39, 0.29) is 26.4 Å². The Morgan fingerprint density at radius 1 is 0.853 bits per heavy atom. The zero-order valence-electron chi connectivity index (χ0n) is 18.0. The van der Waals surface area contributed by atoms with Crippen molar-refractivity contribution < 1.29 is 14.3 Å². The number of aromatic nitrogens is 2. The number of fused-ring (bicyclic) bond motifs is 2. The Labute approximate surface area is 198 Å². The van der Waals surface area contributed by atoms with E-state index in [0.29, 0.717) is 27.6 Å². The first-order valence-corrected chi connectivity index (χ1v) is 11.0. The molecule has 9 heteroatoms. The van der Waals surface area contributed by atoms with Gasteiger partial charge in [0.15, 0.2) is 11.5 Å². The molecule has 0 unspecified atom stereocenters. The van der Waals surface area contributed by atoms with Crippen molar-refractivity contribution in [2.75, 3.05) is 6.79 Å². The molecule has 1 aliphatic rings. The maximum absolute atomic E-state index is 13.0. The van der Waals surface area contributed by atoms with Crippen LogP contribution in [0.25, 0.3) is 11.0 Å². The first kappa shape index (κ1) is 21.8. The number of benzene rings is 3. The fraction of sp³-hybridized carbons (Fsp3) is 0.160. The lowest BCUT2D eigenvalue weighted by Gasteiger charge is -2.15. The Balaban J connectivity index is 1.43. The number of hydrogen-bond acceptors (Lipinski definition) is 5. The molecule has 5 rings (SSSR count). The number of ether oxygens (including phenoxy) is 2. The Hall–Kier alpha value is -4.04. The first-order chi connectivity index (χ1) is 16.5. The van der Waals surface area contributed by atoms with Crippen molar-refractivity contribution in [1.29, 1.82) is 0 Å². The number of carbonyl (C=O) groups excluding carboxylic acids is 1. The summed E-state index contributed by atoms with van der Waals surface area (Å²) in [4.78, 5) is 38.7. The highest BCUT2D eigenvalue weighted by atomic mass is 35.5. The van der Waals surface area contributed by atoms with Crippen LogP contribution in [0.3, 0.4) is 0 Å². The molecule has 4 aromatic rings. The van der Waals surface area contributed by atoms with Gasteiger partial charge < -0.3 is 14.8 Å². The largest absolute Gasteiger partial charge is 0.454 e. The second kappa shape index (κ2) is 9.07. The zero-order valence-corrected chi connectivity index (χ0v) is 18.7. The number of amides is 1. The van der Waals surface area contributed by atoms with Gasteiger partial charge in [0.2, 0.25) is 12.7 Å². The highest BCUT2D eigenvalue weighted by molar-refractivity contribution is 6.31. The summed E-state index contributed by atoms with van der Waals surface area (Å²) in [7, 11) is 0. The molecule has 0 spiro atoms. The lowest BCUT2D eigenvalue weighted by atomic mass is 10.2. The summed E-state index contributed by atoms with van der Waals surface area (Å²) in [5.74, 6) is 0.855. The normalized spacial score (nSPS) is 12.1. The second-order valence-corrected chi connectivity index (χ2v) is 8.30. The van der Waals surface area contributed by atoms with Gasteiger partial charge in [-0.15, -0.1) is 0 Å². The number of halogens is 1. The van der Waals surface area contributed by atoms with Gasteiger partial charge in [0, 0.05) is 11.6 Å². The van der Waals surface area contributed by atoms with E-state index in [9.17, 15) is 14.4 Å². The first-order valence-electron chi connectivity index (χ1n) is 10.6. The molecular formula is C25H20ClN3O5. The molecule has 0 atom stereocenters. The summed E-state index contributed by atoms with van der Waals surface area (Å²) < 4.78 is 13.2. The van der Waals surface area contributed by atoms with E-state index in [1.165, 1.54) is 9.13 Å². The molecule has 1 amide bonds. The van der Waals surface area contributed by atoms with Crippen LogP contribution < -0.4 is 25.9 Å². The standard InChI is InChI=1S/C25H20ClN3O5/c26-18-7-8-19-20(11-18)29(25(32)24(31)28(19)13-16-4-2-1-3-5-16)14-23(30)27-12-17-6-9-21-22(10-17)34-15-33-21/h1-11H,12-15H2,(H,27,30). The maximum atomic E-state index is 13.0. The summed E-state index contributed by atoms with van der Waals surface area (Å²) in [6.07, 6.45) is 0. The van der Waals surface area contributed by atoms with Gasteiger partial charge >= 0.3 is 11.1 Å². The van der Waals surface area contributed by atoms with Crippen molar-refractivity contribution >= 4 is 28.5 Å². The van der Waals surface area contributed by atoms with Crippen LogP contribution in [-0.2, 0) is 24.4 Å². The van der Waals surface area contributed by atoms with Crippen LogP contribution in [0.1, 0.15) is 11.1 Å². The van der Waals surface area contributed by atoms with Gasteiger partial charge in [0.25, 0.3) is 0 Å². The minimum Gasteiger partial charge on any atom is -0.454 e. The van der Waals surface area contributed by atoms with Crippen LogP contribution in [0.2, 0.25) is 5.02 Å². The Morgan fingerprint density at radius 2 is 1.62 bits per heavy atom. The summed E-state index contributed by atoms with van der Waals surface area (Å²) in [6, 6.07) is 19.7. The SMILES string of the molecule is O=C(Cn1c(=O)c(=O)n(Cc2ccccc2)c2ccc(Cl)cc21)NCc1ccc2c(c1)OCO2. The molecule has 8 nitrogen and oxygen atoms in total. The minimum atomic E-state index is -0.788. The Morgan fingerprint density at radius 3 is 2.44 bits per heavy atom. The van der Waals surface area contributed by atoms with Gasteiger partial charge in [0.1, 0.15) is 6.54 Å². The van der Waals surface area contributed by atoms with Crippen molar-refractivity contribution in [3.8, 4) is 11.5 Å². The molecule has 1 aliphatic heterocycles. The van der Waals surface area contributed by atoms with E-state index >= 15 is 0 Å². The molecule has 0 fully saturated rings. The molecule has 0 saturated heterocycles. The highest BCUT2D eigenvalue weighted by Crippen LogP contribution is 2.32. The van der Waals surface area contributed by atoms with Gasteiger partial charge in [-0.3, -0.25) is 23.5 Å². The summed E-state index contributed by atoms with van der Waals surface area (Å²) in [5.41, 5.74) is 1.12. The molecule has 0 radical (unpaired) electrons. The predicted molar refractivity (Wildman–Crippen MR) is 127 cm³/mol. The zero-order chi connectivity index (χ0) is 23.7. The number of nitrogens with one attached hydrogen (secondary N) is 1. The molecule has 0 saturated carbocycles. The third-order valence-electron chi connectivity index (χ3n) is 5.60. The fourth-order valence-electron chi connectivity index (χ4n) is 3.92. The highest BCUT2D eigenvalue weighted by Gasteiger charge is 2.17. The molecular weight excluding hydrogens is 458 g/mol. The lowest BCUT2D eigenvalue weighted by Crippen LogP contribution is -2.44. The summed E-state index contributed by atoms with van der Waals surface area (Å²) in [5, 5.41) is 3.18. The van der Waals surface area contributed by atoms with E-state index < -0.39 is 17.0 Å². The average Bonchev–Trinajstić information content (AvgIpc) is 3.32.